The Morgan fingerprint density at radius 2 is 1.56 bits per heavy atom. The van der Waals surface area contributed by atoms with E-state index in [0.717, 1.165) is 4.90 Å². The van der Waals surface area contributed by atoms with Gasteiger partial charge in [0, 0.05) is 31.8 Å². The van der Waals surface area contributed by atoms with Gasteiger partial charge in [-0.3, -0.25) is 33.8 Å². The number of hydrogen-bond acceptors (Lipinski definition) is 10. The van der Waals surface area contributed by atoms with Crippen LogP contribution in [0.4, 0.5) is 8.78 Å². The van der Waals surface area contributed by atoms with Gasteiger partial charge in [-0.15, -0.1) is 0 Å². The van der Waals surface area contributed by atoms with Gasteiger partial charge in [0.2, 0.25) is 23.5 Å². The molecule has 3 rings (SSSR count). The molecule has 0 unspecified atom stereocenters. The van der Waals surface area contributed by atoms with Crippen LogP contribution in [0, 0.1) is 11.8 Å². The molecule has 294 valence electrons. The molecule has 1 aromatic heterocycles. The Morgan fingerprint density at radius 3 is 2.11 bits per heavy atom. The molecule has 0 spiro atoms. The van der Waals surface area contributed by atoms with E-state index in [1.165, 1.54) is 37.6 Å². The number of carbonyl (C=O) groups is 7. The van der Waals surface area contributed by atoms with Crippen LogP contribution in [0.2, 0.25) is 0 Å². The molecule has 2 aromatic rings. The summed E-state index contributed by atoms with van der Waals surface area (Å²) in [6.45, 7) is 7.74. The zero-order valence-corrected chi connectivity index (χ0v) is 30.6. The minimum atomic E-state index is -4.76. The number of nitrogens with zero attached hydrogens (tertiary/aromatic N) is 3. The summed E-state index contributed by atoms with van der Waals surface area (Å²) >= 11 is 0. The first-order valence-electron chi connectivity index (χ1n) is 17.5. The Hall–Kier alpha value is -5.39. The number of carboxylic acids is 1. The lowest BCUT2D eigenvalue weighted by atomic mass is 9.98. The lowest BCUT2D eigenvalue weighted by Gasteiger charge is -2.32. The molecule has 6 atom stereocenters. The number of β-amino-alcohol motifs (C(OH)–C–C–N with tert-alkyl or cyclic N) is 1. The number of amides is 5. The van der Waals surface area contributed by atoms with Gasteiger partial charge in [-0.1, -0.05) is 71.4 Å². The number of aromatic nitrogens is 2. The highest BCUT2D eigenvalue weighted by Gasteiger charge is 2.52. The second-order valence-corrected chi connectivity index (χ2v) is 13.8. The van der Waals surface area contributed by atoms with Crippen molar-refractivity contribution in [1.29, 1.82) is 0 Å². The summed E-state index contributed by atoms with van der Waals surface area (Å²) in [6.07, 6.45) is 1.74. The van der Waals surface area contributed by atoms with Gasteiger partial charge >= 0.3 is 11.9 Å². The predicted octanol–water partition coefficient (Wildman–Crippen LogP) is 0.635. The fraction of sp³-hybridized carbons (Fsp3) is 0.528. The smallest absolute Gasteiger partial charge is 0.383 e. The summed E-state index contributed by atoms with van der Waals surface area (Å²) in [7, 11) is 0. The highest BCUT2D eigenvalue weighted by atomic mass is 19.3. The molecule has 5 amide bonds. The number of nitrogens with one attached hydrogen (secondary N) is 4. The van der Waals surface area contributed by atoms with Crippen LogP contribution in [0.25, 0.3) is 0 Å². The quantitative estimate of drug-likeness (QED) is 0.115. The zero-order chi connectivity index (χ0) is 40.3. The molecule has 2 heterocycles. The minimum absolute atomic E-state index is 0.0434. The first-order valence-corrected chi connectivity index (χ1v) is 17.5. The molecule has 1 aliphatic rings. The van der Waals surface area contributed by atoms with Gasteiger partial charge in [0.1, 0.15) is 29.9 Å². The van der Waals surface area contributed by atoms with Crippen molar-refractivity contribution in [2.45, 2.75) is 103 Å². The number of aliphatic hydroxyl groups is 1. The molecule has 54 heavy (non-hydrogen) atoms. The monoisotopic (exact) mass is 759 g/mol. The predicted molar refractivity (Wildman–Crippen MR) is 188 cm³/mol. The largest absolute Gasteiger partial charge is 0.480 e. The molecule has 1 saturated heterocycles. The van der Waals surface area contributed by atoms with Gasteiger partial charge in [0.25, 0.3) is 11.8 Å². The van der Waals surface area contributed by atoms with E-state index in [1.807, 2.05) is 0 Å². The number of carboxylic acid groups (broad SMARTS) is 1. The van der Waals surface area contributed by atoms with Crippen molar-refractivity contribution in [3.8, 4) is 0 Å². The average molecular weight is 760 g/mol. The number of carbonyl (C=O) groups excluding carboxylic acids is 6. The second-order valence-electron chi connectivity index (χ2n) is 13.8. The van der Waals surface area contributed by atoms with Gasteiger partial charge in [-0.25, -0.2) is 9.78 Å². The molecule has 0 aliphatic carbocycles. The van der Waals surface area contributed by atoms with Crippen LogP contribution >= 0.6 is 0 Å². The number of halogens is 2. The van der Waals surface area contributed by atoms with Crippen LogP contribution in [0.5, 0.6) is 0 Å². The van der Waals surface area contributed by atoms with Gasteiger partial charge in [-0.05, 0) is 23.8 Å². The van der Waals surface area contributed by atoms with E-state index in [1.54, 1.807) is 51.2 Å². The Bertz CT molecular complexity index is 1660. The van der Waals surface area contributed by atoms with E-state index in [0.29, 0.717) is 5.56 Å². The van der Waals surface area contributed by atoms with Crippen LogP contribution in [0.15, 0.2) is 48.9 Å². The zero-order valence-electron chi connectivity index (χ0n) is 30.6. The molecule has 18 heteroatoms. The van der Waals surface area contributed by atoms with Gasteiger partial charge < -0.3 is 36.4 Å². The lowest BCUT2D eigenvalue weighted by molar-refractivity contribution is -0.162. The maximum atomic E-state index is 15.4. The van der Waals surface area contributed by atoms with Crippen LogP contribution in [0.3, 0.4) is 0 Å². The van der Waals surface area contributed by atoms with Crippen molar-refractivity contribution in [2.24, 2.45) is 11.8 Å². The van der Waals surface area contributed by atoms with Crippen molar-refractivity contribution in [3.63, 3.8) is 0 Å². The summed E-state index contributed by atoms with van der Waals surface area (Å²) in [5, 5.41) is 29.2. The second kappa shape index (κ2) is 19.1. The molecular weight excluding hydrogens is 712 g/mol. The molecule has 0 bridgehead atoms. The molecule has 0 radical (unpaired) electrons. The van der Waals surface area contributed by atoms with E-state index in [-0.39, 0.29) is 37.9 Å². The van der Waals surface area contributed by atoms with Crippen molar-refractivity contribution < 1.29 is 52.6 Å². The van der Waals surface area contributed by atoms with Crippen molar-refractivity contribution >= 4 is 41.3 Å². The number of Topliss-reactive ketones (excluding diaryl/α,β-unsaturated/α-hetero) is 1. The number of aliphatic hydroxyl groups excluding tert-OH is 1. The van der Waals surface area contributed by atoms with Gasteiger partial charge in [0.15, 0.2) is 0 Å². The van der Waals surface area contributed by atoms with E-state index in [9.17, 15) is 43.8 Å². The third kappa shape index (κ3) is 11.1. The summed E-state index contributed by atoms with van der Waals surface area (Å²) in [4.78, 5) is 100. The van der Waals surface area contributed by atoms with E-state index in [2.05, 4.69) is 25.9 Å². The summed E-state index contributed by atoms with van der Waals surface area (Å²) < 4.78 is 30.7. The number of alkyl halides is 2. The average Bonchev–Trinajstić information content (AvgIpc) is 3.53. The Kier molecular flexibility index (Phi) is 15.2. The van der Waals surface area contributed by atoms with E-state index < -0.39 is 95.4 Å². The molecule has 16 nitrogen and oxygen atoms in total. The topological polar surface area (TPSA) is 237 Å². The summed E-state index contributed by atoms with van der Waals surface area (Å²) in [5.41, 5.74) is 0.385. The Balaban J connectivity index is 1.76. The number of benzene rings is 1. The fourth-order valence-electron chi connectivity index (χ4n) is 5.86. The van der Waals surface area contributed by atoms with Crippen LogP contribution in [-0.2, 0) is 35.2 Å². The first kappa shape index (κ1) is 43.0. The first-order chi connectivity index (χ1) is 25.4. The fourth-order valence-corrected chi connectivity index (χ4v) is 5.86. The lowest BCUT2D eigenvalue weighted by Crippen LogP contribution is -2.61. The standard InChI is InChI=1S/C36H47F2N7O9/c1-6-10-23(29(47)36(37,38)35(54)42-24(34(52)53)15-21-11-8-7-9-12-21)41-31(49)26-16-22(46)18-45(26)33(51)28(20(4)5)44-32(50)27(19(2)3)43-30(48)25-17-39-13-14-40-25/h7-9,11-14,17,19-20,22-24,26-28,46H,6,10,15-16,18H2,1-5H3,(H,41,49)(H,42,54)(H,43,48)(H,44,50)(H,52,53)/t22-,23+,24+,26+,27+,28+/m1/s1. The van der Waals surface area contributed by atoms with Crippen molar-refractivity contribution in [3.05, 3.63) is 60.2 Å². The van der Waals surface area contributed by atoms with E-state index in [4.69, 9.17) is 0 Å². The van der Waals surface area contributed by atoms with E-state index >= 15 is 8.78 Å². The van der Waals surface area contributed by atoms with Crippen molar-refractivity contribution in [2.75, 3.05) is 6.54 Å². The third-order valence-electron chi connectivity index (χ3n) is 8.82. The summed E-state index contributed by atoms with van der Waals surface area (Å²) in [5.74, 6) is -14.8. The normalized spacial score (nSPS) is 17.9. The van der Waals surface area contributed by atoms with Gasteiger partial charge in [-0.2, -0.15) is 8.78 Å². The number of aliphatic carboxylic acids is 1. The maximum absolute atomic E-state index is 15.4. The molecule has 6 N–H and O–H groups in total. The number of hydrogen-bond donors (Lipinski definition) is 6. The number of likely N-dealkylation sites (tertiary alicyclic amines) is 1. The van der Waals surface area contributed by atoms with Crippen LogP contribution < -0.4 is 21.3 Å². The molecule has 1 aromatic carbocycles. The number of rotatable bonds is 18. The van der Waals surface area contributed by atoms with Gasteiger partial charge in [0.05, 0.1) is 18.3 Å². The highest BCUT2D eigenvalue weighted by Crippen LogP contribution is 2.24. The Morgan fingerprint density at radius 1 is 0.907 bits per heavy atom. The summed E-state index contributed by atoms with van der Waals surface area (Å²) in [6, 6.07) is 0.339. The molecule has 1 fully saturated rings. The molecule has 0 saturated carbocycles. The third-order valence-corrected chi connectivity index (χ3v) is 8.82. The molecular formula is C36H47F2N7O9. The Labute approximate surface area is 310 Å². The molecule has 1 aliphatic heterocycles. The van der Waals surface area contributed by atoms with Crippen molar-refractivity contribution in [1.82, 2.24) is 36.1 Å². The SMILES string of the molecule is CCC[C@H](NC(=O)[C@@H]1C[C@@H](O)CN1C(=O)[C@@H](NC(=O)[C@@H](NC(=O)c1cnccn1)C(C)C)C(C)C)C(=O)C(F)(F)C(=O)N[C@@H](Cc1ccccc1)C(=O)O. The van der Waals surface area contributed by atoms with Crippen LogP contribution in [-0.4, -0.2) is 115 Å². The minimum Gasteiger partial charge on any atom is -0.480 e. The number of ketones is 1. The van der Waals surface area contributed by atoms with Crippen LogP contribution in [0.1, 0.15) is 69.9 Å². The highest BCUT2D eigenvalue weighted by molar-refractivity contribution is 6.11. The maximum Gasteiger partial charge on any atom is 0.383 e.